The number of nitrogens with one attached hydrogen (secondary N) is 1. The molecule has 0 radical (unpaired) electrons. The number of carbonyl (C=O) groups excluding carboxylic acids is 1. The van der Waals surface area contributed by atoms with Crippen LogP contribution in [0.4, 0.5) is 0 Å². The van der Waals surface area contributed by atoms with Gasteiger partial charge in [-0.2, -0.15) is 0 Å². The van der Waals surface area contributed by atoms with Crippen LogP contribution in [-0.4, -0.2) is 34.2 Å². The molecule has 22 heavy (non-hydrogen) atoms. The van der Waals surface area contributed by atoms with Gasteiger partial charge in [0.2, 0.25) is 5.91 Å². The maximum atomic E-state index is 12.2. The minimum Gasteiger partial charge on any atom is -0.479 e. The van der Waals surface area contributed by atoms with Crippen molar-refractivity contribution in [2.45, 2.75) is 45.6 Å². The average molecular weight is 307 g/mol. The minimum atomic E-state index is -1.95. The molecule has 0 bridgehead atoms. The average Bonchev–Trinajstić information content (AvgIpc) is 2.45. The van der Waals surface area contributed by atoms with E-state index in [1.807, 2.05) is 32.0 Å². The van der Waals surface area contributed by atoms with Gasteiger partial charge in [-0.1, -0.05) is 44.2 Å². The molecule has 5 nitrogen and oxygen atoms in total. The lowest BCUT2D eigenvalue weighted by molar-refractivity contribution is -0.156. The summed E-state index contributed by atoms with van der Waals surface area (Å²) >= 11 is 0. The molecule has 0 aromatic heterocycles. The highest BCUT2D eigenvalue weighted by Gasteiger charge is 2.33. The van der Waals surface area contributed by atoms with Crippen molar-refractivity contribution in [3.05, 3.63) is 35.9 Å². The van der Waals surface area contributed by atoms with Gasteiger partial charge in [-0.3, -0.25) is 4.79 Å². The van der Waals surface area contributed by atoms with E-state index in [1.165, 1.54) is 5.56 Å². The summed E-state index contributed by atoms with van der Waals surface area (Å²) in [5, 5.41) is 21.0. The second-order valence-electron chi connectivity index (χ2n) is 6.48. The number of benzene rings is 1. The van der Waals surface area contributed by atoms with Gasteiger partial charge in [0.15, 0.2) is 5.60 Å². The fourth-order valence-electron chi connectivity index (χ4n) is 2.06. The van der Waals surface area contributed by atoms with Crippen LogP contribution in [0.25, 0.3) is 0 Å². The summed E-state index contributed by atoms with van der Waals surface area (Å²) in [5.41, 5.74) is -1.33. The van der Waals surface area contributed by atoms with Gasteiger partial charge >= 0.3 is 5.97 Å². The SMILES string of the molecule is CC(C)(CCCc1ccccc1)C(=O)NCC(C)(O)C(=O)O. The van der Waals surface area contributed by atoms with Crippen LogP contribution in [0.3, 0.4) is 0 Å². The van der Waals surface area contributed by atoms with Crippen LogP contribution in [0.1, 0.15) is 39.2 Å². The Balaban J connectivity index is 2.44. The molecule has 1 unspecified atom stereocenters. The Labute approximate surface area is 131 Å². The lowest BCUT2D eigenvalue weighted by atomic mass is 9.85. The van der Waals surface area contributed by atoms with E-state index in [4.69, 9.17) is 5.11 Å². The standard InChI is InChI=1S/C17H25NO4/c1-16(2,11-7-10-13-8-5-4-6-9-13)14(19)18-12-17(3,22)15(20)21/h4-6,8-9,22H,7,10-12H2,1-3H3,(H,18,19)(H,20,21). The number of aryl methyl sites for hydroxylation is 1. The Morgan fingerprint density at radius 3 is 2.27 bits per heavy atom. The van der Waals surface area contributed by atoms with Gasteiger partial charge in [-0.15, -0.1) is 0 Å². The van der Waals surface area contributed by atoms with Crippen molar-refractivity contribution in [1.82, 2.24) is 5.32 Å². The second kappa shape index (κ2) is 7.40. The number of aliphatic carboxylic acids is 1. The zero-order valence-corrected chi connectivity index (χ0v) is 13.4. The van der Waals surface area contributed by atoms with Crippen LogP contribution in [-0.2, 0) is 16.0 Å². The first kappa shape index (κ1) is 18.2. The van der Waals surface area contributed by atoms with E-state index in [2.05, 4.69) is 17.4 Å². The van der Waals surface area contributed by atoms with Gasteiger partial charge in [0, 0.05) is 5.41 Å². The maximum absolute atomic E-state index is 12.2. The van der Waals surface area contributed by atoms with E-state index in [-0.39, 0.29) is 12.5 Å². The quantitative estimate of drug-likeness (QED) is 0.685. The van der Waals surface area contributed by atoms with E-state index in [9.17, 15) is 14.7 Å². The third-order valence-electron chi connectivity index (χ3n) is 3.78. The number of hydrogen-bond acceptors (Lipinski definition) is 3. The number of amides is 1. The topological polar surface area (TPSA) is 86.6 Å². The first-order valence-electron chi connectivity index (χ1n) is 7.43. The van der Waals surface area contributed by atoms with Crippen molar-refractivity contribution in [1.29, 1.82) is 0 Å². The summed E-state index contributed by atoms with van der Waals surface area (Å²) in [7, 11) is 0. The molecule has 1 aromatic carbocycles. The summed E-state index contributed by atoms with van der Waals surface area (Å²) in [6, 6.07) is 10.0. The van der Waals surface area contributed by atoms with E-state index in [0.29, 0.717) is 6.42 Å². The normalized spacial score (nSPS) is 14.2. The summed E-state index contributed by atoms with van der Waals surface area (Å²) < 4.78 is 0. The van der Waals surface area contributed by atoms with E-state index < -0.39 is 17.0 Å². The molecule has 0 spiro atoms. The molecule has 0 fully saturated rings. The molecule has 0 aliphatic carbocycles. The van der Waals surface area contributed by atoms with E-state index >= 15 is 0 Å². The largest absolute Gasteiger partial charge is 0.479 e. The molecular formula is C17H25NO4. The molecule has 1 atom stereocenters. The number of hydrogen-bond donors (Lipinski definition) is 3. The molecule has 122 valence electrons. The molecule has 0 aliphatic rings. The molecule has 5 heteroatoms. The number of carboxylic acids is 1. The summed E-state index contributed by atoms with van der Waals surface area (Å²) in [5.74, 6) is -1.60. The first-order chi connectivity index (χ1) is 10.1. The summed E-state index contributed by atoms with van der Waals surface area (Å²) in [4.78, 5) is 23.0. The third-order valence-corrected chi connectivity index (χ3v) is 3.78. The van der Waals surface area contributed by atoms with E-state index in [0.717, 1.165) is 19.8 Å². The fraction of sp³-hybridized carbons (Fsp3) is 0.529. The molecule has 1 amide bonds. The zero-order chi connectivity index (χ0) is 16.8. The Bertz CT molecular complexity index is 509. The molecule has 1 aromatic rings. The van der Waals surface area contributed by atoms with Crippen LogP contribution >= 0.6 is 0 Å². The number of rotatable bonds is 8. The van der Waals surface area contributed by atoms with Gasteiger partial charge in [-0.25, -0.2) is 4.79 Å². The van der Waals surface area contributed by atoms with Crippen LogP contribution < -0.4 is 5.32 Å². The molecular weight excluding hydrogens is 282 g/mol. The predicted octanol–water partition coefficient (Wildman–Crippen LogP) is 1.99. The molecule has 0 saturated carbocycles. The number of carbonyl (C=O) groups is 2. The molecule has 0 heterocycles. The highest BCUT2D eigenvalue weighted by molar-refractivity contribution is 5.83. The summed E-state index contributed by atoms with van der Waals surface area (Å²) in [6.45, 7) is 4.51. The van der Waals surface area contributed by atoms with Gasteiger partial charge in [0.05, 0.1) is 6.54 Å². The molecule has 0 saturated heterocycles. The Kier molecular flexibility index (Phi) is 6.11. The van der Waals surface area contributed by atoms with Crippen molar-refractivity contribution in [2.75, 3.05) is 6.54 Å². The van der Waals surface area contributed by atoms with E-state index in [1.54, 1.807) is 0 Å². The van der Waals surface area contributed by atoms with Crippen molar-refractivity contribution in [3.8, 4) is 0 Å². The van der Waals surface area contributed by atoms with Gasteiger partial charge < -0.3 is 15.5 Å². The van der Waals surface area contributed by atoms with Crippen molar-refractivity contribution in [2.24, 2.45) is 5.41 Å². The highest BCUT2D eigenvalue weighted by Crippen LogP contribution is 2.24. The van der Waals surface area contributed by atoms with Crippen LogP contribution in [0.2, 0.25) is 0 Å². The number of carboxylic acid groups (broad SMARTS) is 1. The highest BCUT2D eigenvalue weighted by atomic mass is 16.4. The smallest absolute Gasteiger partial charge is 0.337 e. The van der Waals surface area contributed by atoms with Crippen molar-refractivity contribution in [3.63, 3.8) is 0 Å². The van der Waals surface area contributed by atoms with Crippen molar-refractivity contribution < 1.29 is 19.8 Å². The summed E-state index contributed by atoms with van der Waals surface area (Å²) in [6.07, 6.45) is 2.44. The van der Waals surface area contributed by atoms with Crippen LogP contribution in [0.15, 0.2) is 30.3 Å². The minimum absolute atomic E-state index is 0.248. The Morgan fingerprint density at radius 1 is 1.14 bits per heavy atom. The van der Waals surface area contributed by atoms with Crippen molar-refractivity contribution >= 4 is 11.9 Å². The predicted molar refractivity (Wildman–Crippen MR) is 84.4 cm³/mol. The lowest BCUT2D eigenvalue weighted by Gasteiger charge is -2.26. The molecule has 3 N–H and O–H groups in total. The third kappa shape index (κ3) is 5.48. The van der Waals surface area contributed by atoms with Crippen LogP contribution in [0, 0.1) is 5.41 Å². The second-order valence-corrected chi connectivity index (χ2v) is 6.48. The Morgan fingerprint density at radius 2 is 1.73 bits per heavy atom. The fourth-order valence-corrected chi connectivity index (χ4v) is 2.06. The molecule has 0 aliphatic heterocycles. The van der Waals surface area contributed by atoms with Gasteiger partial charge in [0.25, 0.3) is 0 Å². The van der Waals surface area contributed by atoms with Gasteiger partial charge in [0.1, 0.15) is 0 Å². The van der Waals surface area contributed by atoms with Gasteiger partial charge in [-0.05, 0) is 31.7 Å². The zero-order valence-electron chi connectivity index (χ0n) is 13.4. The van der Waals surface area contributed by atoms with Crippen LogP contribution in [0.5, 0.6) is 0 Å². The first-order valence-corrected chi connectivity index (χ1v) is 7.43. The maximum Gasteiger partial charge on any atom is 0.337 e. The lowest BCUT2D eigenvalue weighted by Crippen LogP contribution is -2.49. The Hall–Kier alpha value is -1.88. The monoisotopic (exact) mass is 307 g/mol. The number of aliphatic hydroxyl groups is 1. The molecule has 1 rings (SSSR count).